The quantitative estimate of drug-likeness (QED) is 0.706. The van der Waals surface area contributed by atoms with Gasteiger partial charge >= 0.3 is 5.97 Å². The van der Waals surface area contributed by atoms with Crippen molar-refractivity contribution in [3.8, 4) is 0 Å². The normalized spacial score (nSPS) is 23.1. The molecular formula is C9H9NO4S. The molecule has 2 rings (SSSR count). The fraction of sp³-hybridized carbons (Fsp3) is 0.222. The van der Waals surface area contributed by atoms with E-state index in [4.69, 9.17) is 5.11 Å². The molecule has 0 saturated carbocycles. The summed E-state index contributed by atoms with van der Waals surface area (Å²) in [4.78, 5) is 10.9. The van der Waals surface area contributed by atoms with Gasteiger partial charge in [-0.3, -0.25) is 4.79 Å². The zero-order chi connectivity index (χ0) is 11.1. The Bertz CT molecular complexity index is 509. The van der Waals surface area contributed by atoms with Crippen molar-refractivity contribution < 1.29 is 18.3 Å². The van der Waals surface area contributed by atoms with Gasteiger partial charge in [-0.05, 0) is 11.6 Å². The van der Waals surface area contributed by atoms with Crippen molar-refractivity contribution >= 4 is 16.0 Å². The number of aliphatic carboxylic acids is 1. The van der Waals surface area contributed by atoms with Crippen LogP contribution in [0.25, 0.3) is 0 Å². The van der Waals surface area contributed by atoms with Gasteiger partial charge in [0.2, 0.25) is 10.0 Å². The molecule has 0 radical (unpaired) electrons. The van der Waals surface area contributed by atoms with Gasteiger partial charge in [0.15, 0.2) is 0 Å². The molecule has 2 N–H and O–H groups in total. The summed E-state index contributed by atoms with van der Waals surface area (Å²) < 4.78 is 25.3. The maximum Gasteiger partial charge on any atom is 0.322 e. The molecule has 1 aliphatic heterocycles. The Hall–Kier alpha value is -1.40. The van der Waals surface area contributed by atoms with Gasteiger partial charge in [0, 0.05) is 6.42 Å². The number of nitrogens with one attached hydrogen (secondary N) is 1. The van der Waals surface area contributed by atoms with Gasteiger partial charge in [-0.25, -0.2) is 8.42 Å². The Morgan fingerprint density at radius 1 is 1.40 bits per heavy atom. The van der Waals surface area contributed by atoms with E-state index < -0.39 is 22.0 Å². The first-order valence-corrected chi connectivity index (χ1v) is 5.82. The number of carbonyl (C=O) groups is 1. The number of benzene rings is 1. The van der Waals surface area contributed by atoms with Gasteiger partial charge < -0.3 is 5.11 Å². The smallest absolute Gasteiger partial charge is 0.322 e. The predicted octanol–water partition coefficient (Wildman–Crippen LogP) is -0.0258. The van der Waals surface area contributed by atoms with Crippen LogP contribution in [0.2, 0.25) is 0 Å². The molecule has 0 amide bonds. The van der Waals surface area contributed by atoms with E-state index >= 15 is 0 Å². The van der Waals surface area contributed by atoms with Gasteiger partial charge in [0.1, 0.15) is 6.04 Å². The second kappa shape index (κ2) is 3.32. The lowest BCUT2D eigenvalue weighted by molar-refractivity contribution is -0.139. The maximum absolute atomic E-state index is 11.6. The first-order valence-electron chi connectivity index (χ1n) is 4.34. The maximum atomic E-state index is 11.6. The van der Waals surface area contributed by atoms with Crippen LogP contribution in [0.5, 0.6) is 0 Å². The van der Waals surface area contributed by atoms with Gasteiger partial charge in [0.25, 0.3) is 0 Å². The van der Waals surface area contributed by atoms with Gasteiger partial charge in [-0.15, -0.1) is 0 Å². The van der Waals surface area contributed by atoms with Crippen molar-refractivity contribution in [2.75, 3.05) is 0 Å². The molecule has 6 heteroatoms. The molecule has 1 heterocycles. The van der Waals surface area contributed by atoms with Crippen LogP contribution in [0, 0.1) is 0 Å². The van der Waals surface area contributed by atoms with Gasteiger partial charge in [-0.1, -0.05) is 18.2 Å². The number of sulfonamides is 1. The molecule has 0 saturated heterocycles. The van der Waals surface area contributed by atoms with Crippen LogP contribution in [0.15, 0.2) is 29.2 Å². The van der Waals surface area contributed by atoms with Crippen molar-refractivity contribution in [2.45, 2.75) is 17.4 Å². The Kier molecular flexibility index (Phi) is 2.24. The highest BCUT2D eigenvalue weighted by atomic mass is 32.2. The molecule has 0 aromatic heterocycles. The Morgan fingerprint density at radius 2 is 2.07 bits per heavy atom. The summed E-state index contributed by atoms with van der Waals surface area (Å²) in [6.45, 7) is 0. The van der Waals surface area contributed by atoms with E-state index in [1.54, 1.807) is 18.2 Å². The van der Waals surface area contributed by atoms with Crippen molar-refractivity contribution in [3.05, 3.63) is 29.8 Å². The fourth-order valence-electron chi connectivity index (χ4n) is 1.58. The number of carboxylic acids is 1. The van der Waals surface area contributed by atoms with Crippen molar-refractivity contribution in [2.24, 2.45) is 0 Å². The monoisotopic (exact) mass is 227 g/mol. The third-order valence-electron chi connectivity index (χ3n) is 2.28. The second-order valence-electron chi connectivity index (χ2n) is 3.32. The molecular weight excluding hydrogens is 218 g/mol. The third kappa shape index (κ3) is 1.73. The molecule has 1 aliphatic rings. The van der Waals surface area contributed by atoms with E-state index in [1.165, 1.54) is 6.07 Å². The summed E-state index contributed by atoms with van der Waals surface area (Å²) in [5.74, 6) is -1.16. The summed E-state index contributed by atoms with van der Waals surface area (Å²) in [6, 6.07) is 5.34. The van der Waals surface area contributed by atoms with E-state index in [2.05, 4.69) is 4.72 Å². The zero-order valence-electron chi connectivity index (χ0n) is 7.67. The van der Waals surface area contributed by atoms with Crippen LogP contribution < -0.4 is 4.72 Å². The molecule has 0 unspecified atom stereocenters. The average Bonchev–Trinajstić information content (AvgIpc) is 2.16. The van der Waals surface area contributed by atoms with Crippen LogP contribution >= 0.6 is 0 Å². The number of fused-ring (bicyclic) bond motifs is 1. The second-order valence-corrected chi connectivity index (χ2v) is 5.01. The van der Waals surface area contributed by atoms with E-state index in [0.29, 0.717) is 5.56 Å². The topological polar surface area (TPSA) is 83.5 Å². The summed E-state index contributed by atoms with van der Waals surface area (Å²) in [5.41, 5.74) is 0.545. The van der Waals surface area contributed by atoms with Crippen LogP contribution in [0.1, 0.15) is 5.56 Å². The predicted molar refractivity (Wildman–Crippen MR) is 51.9 cm³/mol. The molecule has 1 aromatic rings. The largest absolute Gasteiger partial charge is 0.480 e. The molecule has 5 nitrogen and oxygen atoms in total. The summed E-state index contributed by atoms with van der Waals surface area (Å²) in [6.07, 6.45) is 0.185. The molecule has 0 spiro atoms. The van der Waals surface area contributed by atoms with Gasteiger partial charge in [0.05, 0.1) is 4.90 Å². The minimum atomic E-state index is -3.67. The number of rotatable bonds is 1. The highest BCUT2D eigenvalue weighted by Crippen LogP contribution is 2.22. The standard InChI is InChI=1S/C9H9NO4S/c11-9(12)7-5-6-3-1-2-4-8(6)15(13,14)10-7/h1-4,7,10H,5H2,(H,11,12)/t7-/m0/s1. The average molecular weight is 227 g/mol. The summed E-state index contributed by atoms with van der Waals surface area (Å²) in [5, 5.41) is 8.77. The molecule has 15 heavy (non-hydrogen) atoms. The van der Waals surface area contributed by atoms with Crippen molar-refractivity contribution in [1.82, 2.24) is 4.72 Å². The SMILES string of the molecule is O=C(O)[C@@H]1Cc2ccccc2S(=O)(=O)N1. The first kappa shape index (κ1) is 10.1. The lowest BCUT2D eigenvalue weighted by Gasteiger charge is -2.22. The zero-order valence-corrected chi connectivity index (χ0v) is 8.49. The molecule has 1 atom stereocenters. The number of carboxylic acid groups (broad SMARTS) is 1. The van der Waals surface area contributed by atoms with Gasteiger partial charge in [-0.2, -0.15) is 4.72 Å². The Balaban J connectivity index is 2.53. The highest BCUT2D eigenvalue weighted by molar-refractivity contribution is 7.89. The van der Waals surface area contributed by atoms with E-state index in [9.17, 15) is 13.2 Å². The van der Waals surface area contributed by atoms with Crippen LogP contribution in [-0.2, 0) is 21.2 Å². The van der Waals surface area contributed by atoms with E-state index in [-0.39, 0.29) is 11.3 Å². The number of hydrogen-bond acceptors (Lipinski definition) is 3. The van der Waals surface area contributed by atoms with Crippen LogP contribution in [0.4, 0.5) is 0 Å². The Morgan fingerprint density at radius 3 is 2.73 bits per heavy atom. The molecule has 0 aliphatic carbocycles. The molecule has 0 fully saturated rings. The van der Waals surface area contributed by atoms with Crippen molar-refractivity contribution in [1.29, 1.82) is 0 Å². The summed E-state index contributed by atoms with van der Waals surface area (Å²) in [7, 11) is -3.67. The van der Waals surface area contributed by atoms with E-state index in [1.807, 2.05) is 0 Å². The lowest BCUT2D eigenvalue weighted by atomic mass is 10.1. The minimum Gasteiger partial charge on any atom is -0.480 e. The minimum absolute atomic E-state index is 0.169. The molecule has 80 valence electrons. The molecule has 0 bridgehead atoms. The lowest BCUT2D eigenvalue weighted by Crippen LogP contribution is -2.45. The summed E-state index contributed by atoms with van der Waals surface area (Å²) >= 11 is 0. The fourth-order valence-corrected chi connectivity index (χ4v) is 3.02. The Labute approximate surface area is 86.8 Å². The first-order chi connectivity index (χ1) is 7.00. The number of hydrogen-bond donors (Lipinski definition) is 2. The molecule has 1 aromatic carbocycles. The highest BCUT2D eigenvalue weighted by Gasteiger charge is 2.32. The third-order valence-corrected chi connectivity index (χ3v) is 3.85. The van der Waals surface area contributed by atoms with Crippen LogP contribution in [0.3, 0.4) is 0 Å². The van der Waals surface area contributed by atoms with Crippen molar-refractivity contribution in [3.63, 3.8) is 0 Å². The van der Waals surface area contributed by atoms with E-state index in [0.717, 1.165) is 0 Å². The van der Waals surface area contributed by atoms with Crippen LogP contribution in [-0.4, -0.2) is 25.5 Å².